The number of halogens is 3. The molecule has 2 aromatic heterocycles. The number of ether oxygens (including phenoxy) is 2. The maximum atomic E-state index is 14.4. The summed E-state index contributed by atoms with van der Waals surface area (Å²) in [6, 6.07) is 14.0. The molecule has 0 aliphatic heterocycles. The van der Waals surface area contributed by atoms with Gasteiger partial charge in [-0.1, -0.05) is 41.4 Å². The first-order valence-corrected chi connectivity index (χ1v) is 9.10. The van der Waals surface area contributed by atoms with Crippen molar-refractivity contribution in [3.05, 3.63) is 76.8 Å². The third kappa shape index (κ3) is 4.11. The largest absolute Gasteiger partial charge is 0.456 e. The molecule has 4 rings (SSSR count). The summed E-state index contributed by atoms with van der Waals surface area (Å²) >= 11 is 12.2. The highest BCUT2D eigenvalue weighted by molar-refractivity contribution is 6.45. The van der Waals surface area contributed by atoms with Crippen LogP contribution >= 0.6 is 23.2 Å². The Bertz CT molecular complexity index is 1200. The van der Waals surface area contributed by atoms with Crippen molar-refractivity contribution in [2.24, 2.45) is 0 Å². The molecule has 146 valence electrons. The van der Waals surface area contributed by atoms with Crippen LogP contribution < -0.4 is 14.8 Å². The van der Waals surface area contributed by atoms with E-state index in [1.807, 2.05) is 0 Å². The van der Waals surface area contributed by atoms with Gasteiger partial charge in [0.2, 0.25) is 0 Å². The summed E-state index contributed by atoms with van der Waals surface area (Å²) in [5.74, 6) is 0.197. The average Bonchev–Trinajstić information content (AvgIpc) is 2.99. The first-order valence-electron chi connectivity index (χ1n) is 8.34. The molecule has 0 aliphatic rings. The van der Waals surface area contributed by atoms with Crippen LogP contribution in [0.2, 0.25) is 10.2 Å². The summed E-state index contributed by atoms with van der Waals surface area (Å²) in [5.41, 5.74) is 0.390. The lowest BCUT2D eigenvalue weighted by atomic mass is 10.2. The average molecular weight is 432 g/mol. The second-order valence-electron chi connectivity index (χ2n) is 5.86. The van der Waals surface area contributed by atoms with Crippen LogP contribution in [0.25, 0.3) is 11.0 Å². The first kappa shape index (κ1) is 19.0. The van der Waals surface area contributed by atoms with Gasteiger partial charge in [-0.25, -0.2) is 14.2 Å². The molecule has 0 unspecified atom stereocenters. The van der Waals surface area contributed by atoms with Gasteiger partial charge < -0.3 is 14.5 Å². The fraction of sp³-hybridized carbons (Fsp3) is 0. The van der Waals surface area contributed by atoms with Crippen LogP contribution in [-0.2, 0) is 0 Å². The van der Waals surface area contributed by atoms with Crippen LogP contribution in [-0.4, -0.2) is 16.1 Å². The number of nitrogens with one attached hydrogen (secondary N) is 2. The quantitative estimate of drug-likeness (QED) is 0.391. The number of para-hydroxylation sites is 1. The number of fused-ring (bicyclic) bond motifs is 1. The van der Waals surface area contributed by atoms with Gasteiger partial charge in [-0.3, -0.25) is 5.32 Å². The molecule has 2 aromatic carbocycles. The summed E-state index contributed by atoms with van der Waals surface area (Å²) in [6.45, 7) is 0. The van der Waals surface area contributed by atoms with Gasteiger partial charge in [-0.05, 0) is 30.3 Å². The number of aromatic nitrogens is 2. The number of benzene rings is 2. The molecule has 2 N–H and O–H groups in total. The standard InChI is InChI=1S/C20H12Cl2FN3O3/c21-17-16-15(8-9-24-19(16)26-18(17)22)28-12-6-7-14(13(23)10-12)25-20(27)29-11-4-2-1-3-5-11/h1-10H,(H,24,26)(H,25,27). The molecule has 0 saturated carbocycles. The summed E-state index contributed by atoms with van der Waals surface area (Å²) in [5, 5.41) is 3.31. The number of carbonyl (C=O) groups is 1. The Morgan fingerprint density at radius 2 is 1.86 bits per heavy atom. The minimum Gasteiger partial charge on any atom is -0.456 e. The van der Waals surface area contributed by atoms with Crippen LogP contribution in [0.15, 0.2) is 60.8 Å². The van der Waals surface area contributed by atoms with Gasteiger partial charge in [0.15, 0.2) is 5.82 Å². The number of nitrogens with zero attached hydrogens (tertiary/aromatic N) is 1. The SMILES string of the molecule is O=C(Nc1ccc(Oc2ccnc3[nH]c(Cl)c(Cl)c23)cc1F)Oc1ccccc1. The number of hydrogen-bond acceptors (Lipinski definition) is 4. The molecule has 9 heteroatoms. The molecular formula is C20H12Cl2FN3O3. The number of pyridine rings is 1. The molecule has 4 aromatic rings. The van der Waals surface area contributed by atoms with Crippen molar-refractivity contribution >= 4 is 46.0 Å². The van der Waals surface area contributed by atoms with E-state index in [0.717, 1.165) is 6.07 Å². The fourth-order valence-corrected chi connectivity index (χ4v) is 3.04. The van der Waals surface area contributed by atoms with Crippen molar-refractivity contribution in [2.75, 3.05) is 5.32 Å². The number of anilines is 1. The number of rotatable bonds is 4. The molecule has 2 heterocycles. The zero-order chi connectivity index (χ0) is 20.4. The van der Waals surface area contributed by atoms with E-state index in [2.05, 4.69) is 15.3 Å². The Kier molecular flexibility index (Phi) is 5.24. The predicted molar refractivity (Wildman–Crippen MR) is 109 cm³/mol. The van der Waals surface area contributed by atoms with Gasteiger partial charge in [-0.2, -0.15) is 0 Å². The van der Waals surface area contributed by atoms with E-state index in [1.54, 1.807) is 36.4 Å². The van der Waals surface area contributed by atoms with E-state index in [0.29, 0.717) is 22.5 Å². The van der Waals surface area contributed by atoms with E-state index in [4.69, 9.17) is 32.7 Å². The van der Waals surface area contributed by atoms with Crippen molar-refractivity contribution in [3.63, 3.8) is 0 Å². The highest BCUT2D eigenvalue weighted by Crippen LogP contribution is 2.38. The zero-order valence-corrected chi connectivity index (χ0v) is 16.1. The summed E-state index contributed by atoms with van der Waals surface area (Å²) in [7, 11) is 0. The van der Waals surface area contributed by atoms with Crippen LogP contribution in [0.5, 0.6) is 17.2 Å². The van der Waals surface area contributed by atoms with Gasteiger partial charge >= 0.3 is 6.09 Å². The maximum absolute atomic E-state index is 14.4. The normalized spacial score (nSPS) is 10.7. The third-order valence-electron chi connectivity index (χ3n) is 3.91. The second kappa shape index (κ2) is 7.98. The van der Waals surface area contributed by atoms with E-state index in [1.165, 1.54) is 18.3 Å². The number of aromatic amines is 1. The van der Waals surface area contributed by atoms with Crippen LogP contribution in [0, 0.1) is 5.82 Å². The van der Waals surface area contributed by atoms with E-state index < -0.39 is 11.9 Å². The zero-order valence-electron chi connectivity index (χ0n) is 14.6. The molecule has 0 bridgehead atoms. The lowest BCUT2D eigenvalue weighted by molar-refractivity contribution is 0.215. The molecule has 0 radical (unpaired) electrons. The molecule has 6 nitrogen and oxygen atoms in total. The Morgan fingerprint density at radius 1 is 1.07 bits per heavy atom. The number of hydrogen-bond donors (Lipinski definition) is 2. The van der Waals surface area contributed by atoms with Crippen LogP contribution in [0.4, 0.5) is 14.9 Å². The van der Waals surface area contributed by atoms with Crippen LogP contribution in [0.3, 0.4) is 0 Å². The van der Waals surface area contributed by atoms with Gasteiger partial charge in [0.25, 0.3) is 0 Å². The predicted octanol–water partition coefficient (Wildman–Crippen LogP) is 6.41. The Balaban J connectivity index is 1.51. The van der Waals surface area contributed by atoms with Crippen molar-refractivity contribution in [1.29, 1.82) is 0 Å². The van der Waals surface area contributed by atoms with Crippen LogP contribution in [0.1, 0.15) is 0 Å². The smallest absolute Gasteiger partial charge is 0.417 e. The molecule has 0 aliphatic carbocycles. The van der Waals surface area contributed by atoms with Crippen molar-refractivity contribution in [3.8, 4) is 17.2 Å². The number of carbonyl (C=O) groups excluding carboxylic acids is 1. The lowest BCUT2D eigenvalue weighted by Crippen LogP contribution is -2.17. The minimum atomic E-state index is -0.812. The highest BCUT2D eigenvalue weighted by Gasteiger charge is 2.15. The lowest BCUT2D eigenvalue weighted by Gasteiger charge is -2.10. The Labute approximate surface area is 174 Å². The van der Waals surface area contributed by atoms with Gasteiger partial charge in [-0.15, -0.1) is 0 Å². The molecule has 29 heavy (non-hydrogen) atoms. The molecule has 0 atom stereocenters. The minimum absolute atomic E-state index is 0.0547. The highest BCUT2D eigenvalue weighted by atomic mass is 35.5. The van der Waals surface area contributed by atoms with Crippen molar-refractivity contribution in [1.82, 2.24) is 9.97 Å². The topological polar surface area (TPSA) is 76.2 Å². The van der Waals surface area contributed by atoms with Crippen molar-refractivity contribution < 1.29 is 18.7 Å². The summed E-state index contributed by atoms with van der Waals surface area (Å²) < 4.78 is 25.2. The Hall–Kier alpha value is -3.29. The number of H-pyrrole nitrogens is 1. The molecule has 0 spiro atoms. The first-order chi connectivity index (χ1) is 14.0. The van der Waals surface area contributed by atoms with Gasteiger partial charge in [0, 0.05) is 12.3 Å². The molecule has 0 fully saturated rings. The summed E-state index contributed by atoms with van der Waals surface area (Å²) in [6.07, 6.45) is 0.695. The van der Waals surface area contributed by atoms with E-state index in [-0.39, 0.29) is 21.6 Å². The van der Waals surface area contributed by atoms with Gasteiger partial charge in [0.05, 0.1) is 16.1 Å². The fourth-order valence-electron chi connectivity index (χ4n) is 2.62. The molecular weight excluding hydrogens is 420 g/mol. The van der Waals surface area contributed by atoms with E-state index in [9.17, 15) is 9.18 Å². The number of amides is 1. The molecule has 0 saturated heterocycles. The third-order valence-corrected chi connectivity index (χ3v) is 4.67. The maximum Gasteiger partial charge on any atom is 0.417 e. The molecule has 1 amide bonds. The second-order valence-corrected chi connectivity index (χ2v) is 6.61. The van der Waals surface area contributed by atoms with E-state index >= 15 is 0 Å². The monoisotopic (exact) mass is 431 g/mol. The summed E-state index contributed by atoms with van der Waals surface area (Å²) in [4.78, 5) is 18.9. The Morgan fingerprint density at radius 3 is 2.62 bits per heavy atom. The van der Waals surface area contributed by atoms with Gasteiger partial charge in [0.1, 0.15) is 28.0 Å². The van der Waals surface area contributed by atoms with Crippen molar-refractivity contribution in [2.45, 2.75) is 0 Å².